The minimum Gasteiger partial charge on any atom is -0.379 e. The third-order valence-electron chi connectivity index (χ3n) is 5.62. The fourth-order valence-electron chi connectivity index (χ4n) is 3.22. The van der Waals surface area contributed by atoms with Gasteiger partial charge in [-0.25, -0.2) is 0 Å². The zero-order chi connectivity index (χ0) is 34.1. The first kappa shape index (κ1) is 45.6. The van der Waals surface area contributed by atoms with Crippen LogP contribution < -0.4 is 11.1 Å². The van der Waals surface area contributed by atoms with E-state index >= 15 is 0 Å². The molecule has 0 saturated carbocycles. The first-order valence-corrected chi connectivity index (χ1v) is 16.6. The van der Waals surface area contributed by atoms with E-state index in [-0.39, 0.29) is 18.1 Å². The van der Waals surface area contributed by atoms with Crippen LogP contribution in [0.3, 0.4) is 0 Å². The van der Waals surface area contributed by atoms with E-state index in [0.29, 0.717) is 178 Å². The number of ketones is 1. The minimum atomic E-state index is -0.0856. The summed E-state index contributed by atoms with van der Waals surface area (Å²) in [4.78, 5) is 22.6. The summed E-state index contributed by atoms with van der Waals surface area (Å²) >= 11 is 0. The van der Waals surface area contributed by atoms with Crippen molar-refractivity contribution in [1.29, 1.82) is 0 Å². The molecule has 47 heavy (non-hydrogen) atoms. The molecule has 3 N–H and O–H groups in total. The highest BCUT2D eigenvalue weighted by atomic mass is 16.6. The lowest BCUT2D eigenvalue weighted by Crippen LogP contribution is -2.28. The molecular formula is C31H62N2O14. The second-order valence-electron chi connectivity index (χ2n) is 9.69. The quantitative estimate of drug-likeness (QED) is 0.0794. The van der Waals surface area contributed by atoms with Gasteiger partial charge < -0.3 is 67.9 Å². The largest absolute Gasteiger partial charge is 0.379 e. The molecule has 0 aliphatic rings. The predicted octanol–water partition coefficient (Wildman–Crippen LogP) is -0.370. The van der Waals surface area contributed by atoms with Gasteiger partial charge in [0, 0.05) is 25.9 Å². The molecule has 0 unspecified atom stereocenters. The van der Waals surface area contributed by atoms with Crippen molar-refractivity contribution in [3.63, 3.8) is 0 Å². The van der Waals surface area contributed by atoms with Crippen molar-refractivity contribution in [3.05, 3.63) is 0 Å². The molecule has 280 valence electrons. The molecule has 0 aliphatic heterocycles. The second kappa shape index (κ2) is 40.8. The number of rotatable bonds is 41. The Balaban J connectivity index is 3.12. The summed E-state index contributed by atoms with van der Waals surface area (Å²) in [7, 11) is 0. The first-order chi connectivity index (χ1) is 23.2. The summed E-state index contributed by atoms with van der Waals surface area (Å²) in [6.07, 6.45) is 0.719. The van der Waals surface area contributed by atoms with Gasteiger partial charge in [-0.2, -0.15) is 0 Å². The Hall–Kier alpha value is -1.38. The van der Waals surface area contributed by atoms with Crippen LogP contribution in [0.2, 0.25) is 0 Å². The molecule has 0 atom stereocenters. The molecule has 0 aromatic heterocycles. The van der Waals surface area contributed by atoms with Crippen LogP contribution in [0.25, 0.3) is 0 Å². The zero-order valence-electron chi connectivity index (χ0n) is 28.6. The van der Waals surface area contributed by atoms with Crippen LogP contribution in [0.4, 0.5) is 0 Å². The van der Waals surface area contributed by atoms with Gasteiger partial charge in [0.15, 0.2) is 0 Å². The van der Waals surface area contributed by atoms with E-state index in [4.69, 9.17) is 62.6 Å². The average molecular weight is 687 g/mol. The van der Waals surface area contributed by atoms with Crippen LogP contribution in [0, 0.1) is 0 Å². The molecular weight excluding hydrogens is 624 g/mol. The van der Waals surface area contributed by atoms with E-state index < -0.39 is 0 Å². The molecule has 0 radical (unpaired) electrons. The van der Waals surface area contributed by atoms with E-state index in [9.17, 15) is 9.59 Å². The van der Waals surface area contributed by atoms with Gasteiger partial charge in [-0.05, 0) is 6.92 Å². The summed E-state index contributed by atoms with van der Waals surface area (Å²) in [5.41, 5.74) is 5.32. The summed E-state index contributed by atoms with van der Waals surface area (Å²) < 4.78 is 64.7. The molecule has 0 aromatic rings. The van der Waals surface area contributed by atoms with Crippen molar-refractivity contribution >= 4 is 11.7 Å². The Kier molecular flexibility index (Phi) is 39.6. The number of amides is 1. The molecule has 16 nitrogen and oxygen atoms in total. The molecule has 0 saturated heterocycles. The Morgan fingerprint density at radius 2 is 0.638 bits per heavy atom. The summed E-state index contributed by atoms with van der Waals surface area (Å²) in [5, 5.41) is 2.78. The highest BCUT2D eigenvalue weighted by Crippen LogP contribution is 1.89. The fourth-order valence-corrected chi connectivity index (χ4v) is 3.22. The Labute approximate surface area is 280 Å². The summed E-state index contributed by atoms with van der Waals surface area (Å²) in [5.74, 6) is 0.0354. The number of carbonyl (C=O) groups excluding carboxylic acids is 2. The minimum absolute atomic E-state index is 0.0856. The molecule has 16 heteroatoms. The molecule has 0 spiro atoms. The molecule has 1 amide bonds. The zero-order valence-corrected chi connectivity index (χ0v) is 28.6. The van der Waals surface area contributed by atoms with Crippen molar-refractivity contribution in [3.8, 4) is 0 Å². The van der Waals surface area contributed by atoms with Crippen LogP contribution >= 0.6 is 0 Å². The molecule has 0 heterocycles. The molecule has 0 fully saturated rings. The lowest BCUT2D eigenvalue weighted by atomic mass is 10.3. The number of ether oxygens (including phenoxy) is 12. The summed E-state index contributed by atoms with van der Waals surface area (Å²) in [6, 6.07) is 0. The van der Waals surface area contributed by atoms with E-state index in [1.165, 1.54) is 0 Å². The monoisotopic (exact) mass is 686 g/mol. The van der Waals surface area contributed by atoms with Crippen LogP contribution in [0.15, 0.2) is 0 Å². The second-order valence-corrected chi connectivity index (χ2v) is 9.69. The Bertz CT molecular complexity index is 651. The normalized spacial score (nSPS) is 11.4. The number of hydrogen-bond acceptors (Lipinski definition) is 15. The lowest BCUT2D eigenvalue weighted by Gasteiger charge is -2.09. The topological polar surface area (TPSA) is 183 Å². The van der Waals surface area contributed by atoms with Gasteiger partial charge >= 0.3 is 0 Å². The van der Waals surface area contributed by atoms with E-state index in [1.807, 2.05) is 0 Å². The van der Waals surface area contributed by atoms with Crippen LogP contribution in [-0.4, -0.2) is 183 Å². The maximum atomic E-state index is 11.8. The van der Waals surface area contributed by atoms with Gasteiger partial charge in [0.05, 0.1) is 159 Å². The van der Waals surface area contributed by atoms with Crippen molar-refractivity contribution in [2.75, 3.05) is 172 Å². The van der Waals surface area contributed by atoms with Crippen molar-refractivity contribution in [2.24, 2.45) is 5.73 Å². The Morgan fingerprint density at radius 3 is 0.936 bits per heavy atom. The van der Waals surface area contributed by atoms with Gasteiger partial charge in [0.1, 0.15) is 5.78 Å². The SMILES string of the molecule is CC(=O)CCOCCOCCOCCOCCOCCOCCOCCOCCOCCC(=O)NCCOCCOCCOCCN. The summed E-state index contributed by atoms with van der Waals surface area (Å²) in [6.45, 7) is 13.7. The van der Waals surface area contributed by atoms with Crippen LogP contribution in [0.1, 0.15) is 19.8 Å². The number of Topliss-reactive ketones (excluding diaryl/α,β-unsaturated/α-hetero) is 1. The molecule has 0 aromatic carbocycles. The number of nitrogens with two attached hydrogens (primary N) is 1. The van der Waals surface area contributed by atoms with E-state index in [0.717, 1.165) is 0 Å². The molecule has 0 aliphatic carbocycles. The third-order valence-corrected chi connectivity index (χ3v) is 5.62. The van der Waals surface area contributed by atoms with Crippen molar-refractivity contribution in [1.82, 2.24) is 5.32 Å². The molecule has 0 bridgehead atoms. The molecule has 0 rings (SSSR count). The van der Waals surface area contributed by atoms with Gasteiger partial charge in [-0.1, -0.05) is 0 Å². The smallest absolute Gasteiger partial charge is 0.222 e. The van der Waals surface area contributed by atoms with Gasteiger partial charge in [0.2, 0.25) is 5.91 Å². The standard InChI is InChI=1S/C31H62N2O14/c1-30(34)2-6-36-10-14-40-18-20-43-22-24-45-26-28-47-29-27-46-25-23-44-21-19-41-15-11-37-7-3-31(35)33-5-9-39-13-17-42-16-12-38-8-4-32/h2-29,32H2,1H3,(H,33,35). The number of hydrogen-bond donors (Lipinski definition) is 2. The van der Waals surface area contributed by atoms with Crippen molar-refractivity contribution in [2.45, 2.75) is 19.8 Å². The number of nitrogens with one attached hydrogen (secondary N) is 1. The van der Waals surface area contributed by atoms with Crippen molar-refractivity contribution < 1.29 is 66.4 Å². The third kappa shape index (κ3) is 42.6. The van der Waals surface area contributed by atoms with Gasteiger partial charge in [-0.3, -0.25) is 9.59 Å². The van der Waals surface area contributed by atoms with E-state index in [1.54, 1.807) is 6.92 Å². The van der Waals surface area contributed by atoms with Crippen LogP contribution in [0.5, 0.6) is 0 Å². The van der Waals surface area contributed by atoms with Crippen LogP contribution in [-0.2, 0) is 66.4 Å². The number of carbonyl (C=O) groups is 2. The highest BCUT2D eigenvalue weighted by molar-refractivity contribution is 5.76. The maximum absolute atomic E-state index is 11.8. The maximum Gasteiger partial charge on any atom is 0.222 e. The average Bonchev–Trinajstić information content (AvgIpc) is 3.06. The highest BCUT2D eigenvalue weighted by Gasteiger charge is 2.01. The lowest BCUT2D eigenvalue weighted by molar-refractivity contribution is -0.122. The van der Waals surface area contributed by atoms with E-state index in [2.05, 4.69) is 5.32 Å². The van der Waals surface area contributed by atoms with Gasteiger partial charge in [0.25, 0.3) is 0 Å². The predicted molar refractivity (Wildman–Crippen MR) is 172 cm³/mol. The first-order valence-electron chi connectivity index (χ1n) is 16.6. The van der Waals surface area contributed by atoms with Gasteiger partial charge in [-0.15, -0.1) is 0 Å². The Morgan fingerprint density at radius 1 is 0.383 bits per heavy atom. The fraction of sp³-hybridized carbons (Fsp3) is 0.935.